The van der Waals surface area contributed by atoms with Crippen LogP contribution in [0.4, 0.5) is 0 Å². The molecule has 6 heteroatoms. The Bertz CT molecular complexity index is 647. The first-order chi connectivity index (χ1) is 8.86. The van der Waals surface area contributed by atoms with E-state index < -0.39 is 0 Å². The van der Waals surface area contributed by atoms with E-state index in [0.29, 0.717) is 17.4 Å². The molecule has 3 rings (SSSR count). The standard InChI is InChI=1S/C12H9ClN4O/c13-8-11-14-12(16-18-11)10-6-7-17(15-10)9-4-2-1-3-5-9/h1-7H,8H2. The number of rotatable bonds is 3. The van der Waals surface area contributed by atoms with Crippen LogP contribution in [0.5, 0.6) is 0 Å². The summed E-state index contributed by atoms with van der Waals surface area (Å²) in [4.78, 5) is 4.12. The minimum absolute atomic E-state index is 0.201. The van der Waals surface area contributed by atoms with Gasteiger partial charge < -0.3 is 4.52 Å². The van der Waals surface area contributed by atoms with Crippen molar-refractivity contribution in [2.75, 3.05) is 0 Å². The molecule has 2 aromatic heterocycles. The van der Waals surface area contributed by atoms with Gasteiger partial charge in [-0.05, 0) is 18.2 Å². The Hall–Kier alpha value is -2.14. The van der Waals surface area contributed by atoms with Crippen molar-refractivity contribution >= 4 is 11.6 Å². The highest BCUT2D eigenvalue weighted by molar-refractivity contribution is 6.16. The largest absolute Gasteiger partial charge is 0.338 e. The molecule has 0 saturated carbocycles. The molecule has 0 N–H and O–H groups in total. The van der Waals surface area contributed by atoms with E-state index in [2.05, 4.69) is 15.2 Å². The summed E-state index contributed by atoms with van der Waals surface area (Å²) in [6.07, 6.45) is 1.85. The summed E-state index contributed by atoms with van der Waals surface area (Å²) in [7, 11) is 0. The highest BCUT2D eigenvalue weighted by Crippen LogP contribution is 2.15. The number of alkyl halides is 1. The molecule has 2 heterocycles. The van der Waals surface area contributed by atoms with Gasteiger partial charge in [0.15, 0.2) is 0 Å². The fourth-order valence-corrected chi connectivity index (χ4v) is 1.69. The summed E-state index contributed by atoms with van der Waals surface area (Å²) in [5.41, 5.74) is 1.63. The highest BCUT2D eigenvalue weighted by Gasteiger charge is 2.10. The second-order valence-electron chi connectivity index (χ2n) is 3.63. The third-order valence-corrected chi connectivity index (χ3v) is 2.65. The Morgan fingerprint density at radius 3 is 2.72 bits per heavy atom. The van der Waals surface area contributed by atoms with Gasteiger partial charge in [-0.15, -0.1) is 11.6 Å². The zero-order chi connectivity index (χ0) is 12.4. The first-order valence-corrected chi connectivity index (χ1v) is 5.90. The lowest BCUT2D eigenvalue weighted by atomic mass is 10.3. The minimum atomic E-state index is 0.201. The smallest absolute Gasteiger partial charge is 0.241 e. The molecule has 0 unspecified atom stereocenters. The van der Waals surface area contributed by atoms with Crippen LogP contribution in [0.1, 0.15) is 5.89 Å². The lowest BCUT2D eigenvalue weighted by Gasteiger charge is -1.98. The Labute approximate surface area is 108 Å². The van der Waals surface area contributed by atoms with E-state index in [1.54, 1.807) is 4.68 Å². The molecule has 0 aliphatic rings. The van der Waals surface area contributed by atoms with Gasteiger partial charge in [-0.25, -0.2) is 4.68 Å². The molecular formula is C12H9ClN4O. The fraction of sp³-hybridized carbons (Fsp3) is 0.0833. The zero-order valence-electron chi connectivity index (χ0n) is 9.32. The number of nitrogens with zero attached hydrogens (tertiary/aromatic N) is 4. The molecule has 0 bridgehead atoms. The van der Waals surface area contributed by atoms with Gasteiger partial charge in [-0.1, -0.05) is 23.4 Å². The van der Waals surface area contributed by atoms with Gasteiger partial charge >= 0.3 is 0 Å². The average molecular weight is 261 g/mol. The average Bonchev–Trinajstić information content (AvgIpc) is 3.08. The second-order valence-corrected chi connectivity index (χ2v) is 3.89. The van der Waals surface area contributed by atoms with Crippen LogP contribution >= 0.6 is 11.6 Å². The van der Waals surface area contributed by atoms with Crippen molar-refractivity contribution < 1.29 is 4.52 Å². The fourth-order valence-electron chi connectivity index (χ4n) is 1.58. The van der Waals surface area contributed by atoms with Gasteiger partial charge in [0.1, 0.15) is 11.6 Å². The van der Waals surface area contributed by atoms with Crippen molar-refractivity contribution in [3.05, 3.63) is 48.5 Å². The van der Waals surface area contributed by atoms with Crippen molar-refractivity contribution in [1.29, 1.82) is 0 Å². The van der Waals surface area contributed by atoms with Crippen LogP contribution in [0.15, 0.2) is 47.1 Å². The topological polar surface area (TPSA) is 56.7 Å². The van der Waals surface area contributed by atoms with Crippen molar-refractivity contribution in [2.24, 2.45) is 0 Å². The molecule has 0 aliphatic heterocycles. The highest BCUT2D eigenvalue weighted by atomic mass is 35.5. The first-order valence-electron chi connectivity index (χ1n) is 5.37. The van der Waals surface area contributed by atoms with Gasteiger partial charge in [0.25, 0.3) is 0 Å². The van der Waals surface area contributed by atoms with Gasteiger partial charge in [0, 0.05) is 6.20 Å². The van der Waals surface area contributed by atoms with E-state index in [1.807, 2.05) is 42.6 Å². The maximum atomic E-state index is 5.61. The monoisotopic (exact) mass is 260 g/mol. The van der Waals surface area contributed by atoms with Gasteiger partial charge in [-0.2, -0.15) is 10.1 Å². The van der Waals surface area contributed by atoms with E-state index in [0.717, 1.165) is 5.69 Å². The molecular weight excluding hydrogens is 252 g/mol. The molecule has 0 atom stereocenters. The number of para-hydroxylation sites is 1. The van der Waals surface area contributed by atoms with E-state index in [1.165, 1.54) is 0 Å². The zero-order valence-corrected chi connectivity index (χ0v) is 10.1. The minimum Gasteiger partial charge on any atom is -0.338 e. The van der Waals surface area contributed by atoms with E-state index >= 15 is 0 Å². The first kappa shape index (κ1) is 11.0. The predicted molar refractivity (Wildman–Crippen MR) is 66.4 cm³/mol. The Morgan fingerprint density at radius 1 is 1.17 bits per heavy atom. The summed E-state index contributed by atoms with van der Waals surface area (Å²) < 4.78 is 6.70. The lowest BCUT2D eigenvalue weighted by molar-refractivity contribution is 0.391. The summed E-state index contributed by atoms with van der Waals surface area (Å²) in [6, 6.07) is 11.6. The molecule has 5 nitrogen and oxygen atoms in total. The Balaban J connectivity index is 1.94. The van der Waals surface area contributed by atoms with Crippen molar-refractivity contribution in [2.45, 2.75) is 5.88 Å². The summed E-state index contributed by atoms with van der Waals surface area (Å²) in [6.45, 7) is 0. The molecule has 18 heavy (non-hydrogen) atoms. The van der Waals surface area contributed by atoms with E-state index in [9.17, 15) is 0 Å². The van der Waals surface area contributed by atoms with Crippen LogP contribution in [-0.4, -0.2) is 19.9 Å². The summed E-state index contributed by atoms with van der Waals surface area (Å²) in [5, 5.41) is 8.20. The second kappa shape index (κ2) is 4.62. The van der Waals surface area contributed by atoms with Crippen molar-refractivity contribution in [3.63, 3.8) is 0 Å². The molecule has 0 saturated heterocycles. The van der Waals surface area contributed by atoms with Gasteiger partial charge in [-0.3, -0.25) is 0 Å². The van der Waals surface area contributed by atoms with E-state index in [-0.39, 0.29) is 5.88 Å². The van der Waals surface area contributed by atoms with Crippen LogP contribution in [0, 0.1) is 0 Å². The lowest BCUT2D eigenvalue weighted by Crippen LogP contribution is -1.94. The van der Waals surface area contributed by atoms with Crippen LogP contribution in [0.2, 0.25) is 0 Å². The number of halogens is 1. The van der Waals surface area contributed by atoms with E-state index in [4.69, 9.17) is 16.1 Å². The maximum Gasteiger partial charge on any atom is 0.241 e. The maximum absolute atomic E-state index is 5.61. The Kier molecular flexibility index (Phi) is 2.82. The van der Waals surface area contributed by atoms with Crippen LogP contribution in [0.3, 0.4) is 0 Å². The molecule has 0 radical (unpaired) electrons. The molecule has 0 aliphatic carbocycles. The summed E-state index contributed by atoms with van der Waals surface area (Å²) in [5.74, 6) is 1.04. The summed E-state index contributed by atoms with van der Waals surface area (Å²) >= 11 is 5.61. The third-order valence-electron chi connectivity index (χ3n) is 2.42. The SMILES string of the molecule is ClCc1nc(-c2ccn(-c3ccccc3)n2)no1. The van der Waals surface area contributed by atoms with Crippen LogP contribution in [0.25, 0.3) is 17.2 Å². The molecule has 0 spiro atoms. The number of hydrogen-bond donors (Lipinski definition) is 0. The number of aromatic nitrogens is 4. The molecule has 1 aromatic carbocycles. The normalized spacial score (nSPS) is 10.7. The molecule has 90 valence electrons. The third kappa shape index (κ3) is 2.00. The van der Waals surface area contributed by atoms with Gasteiger partial charge in [0.2, 0.25) is 11.7 Å². The molecule has 0 fully saturated rings. The molecule has 3 aromatic rings. The number of benzene rings is 1. The quantitative estimate of drug-likeness (QED) is 0.680. The van der Waals surface area contributed by atoms with Crippen LogP contribution < -0.4 is 0 Å². The molecule has 0 amide bonds. The van der Waals surface area contributed by atoms with Crippen molar-refractivity contribution in [1.82, 2.24) is 19.9 Å². The van der Waals surface area contributed by atoms with Crippen LogP contribution in [-0.2, 0) is 5.88 Å². The predicted octanol–water partition coefficient (Wildman–Crippen LogP) is 2.66. The van der Waals surface area contributed by atoms with Gasteiger partial charge in [0.05, 0.1) is 5.69 Å². The number of hydrogen-bond acceptors (Lipinski definition) is 4. The Morgan fingerprint density at radius 2 is 2.00 bits per heavy atom. The van der Waals surface area contributed by atoms with Crippen molar-refractivity contribution in [3.8, 4) is 17.2 Å².